The topological polar surface area (TPSA) is 9.23 Å². The minimum absolute atomic E-state index is 0.933. The Bertz CT molecular complexity index is 97.8. The molecule has 0 aliphatic rings. The van der Waals surface area contributed by atoms with E-state index in [1.165, 1.54) is 48.7 Å². The van der Waals surface area contributed by atoms with Gasteiger partial charge in [-0.3, -0.25) is 0 Å². The summed E-state index contributed by atoms with van der Waals surface area (Å²) in [4.78, 5) is 0. The monoisotopic (exact) mass is 250 g/mol. The highest BCUT2D eigenvalue weighted by Gasteiger charge is 1.91. The fraction of sp³-hybridized carbons (Fsp3) is 1.00. The van der Waals surface area contributed by atoms with Gasteiger partial charge in [0, 0.05) is 11.5 Å². The lowest BCUT2D eigenvalue weighted by Crippen LogP contribution is -2.02. The zero-order valence-corrected chi connectivity index (χ0v) is 11.9. The van der Waals surface area contributed by atoms with E-state index in [-0.39, 0.29) is 0 Å². The molecule has 0 aromatic heterocycles. The van der Waals surface area contributed by atoms with Crippen LogP contribution in [0.1, 0.15) is 39.5 Å². The summed E-state index contributed by atoms with van der Waals surface area (Å²) in [5.41, 5.74) is 0. The first-order valence-electron chi connectivity index (χ1n) is 6.15. The van der Waals surface area contributed by atoms with Gasteiger partial charge in [-0.1, -0.05) is 26.7 Å². The highest BCUT2D eigenvalue weighted by Crippen LogP contribution is 2.05. The summed E-state index contributed by atoms with van der Waals surface area (Å²) in [6.45, 7) is 6.35. The van der Waals surface area contributed by atoms with Crippen molar-refractivity contribution in [2.24, 2.45) is 0 Å². The maximum Gasteiger partial charge on any atom is 0.0557 e. The molecule has 15 heavy (non-hydrogen) atoms. The molecule has 0 saturated heterocycles. The van der Waals surface area contributed by atoms with Crippen LogP contribution in [-0.4, -0.2) is 36.2 Å². The van der Waals surface area contributed by atoms with Gasteiger partial charge >= 0.3 is 0 Å². The van der Waals surface area contributed by atoms with Crippen molar-refractivity contribution in [2.45, 2.75) is 39.5 Å². The Labute approximate surface area is 104 Å². The Hall–Kier alpha value is 0.660. The Morgan fingerprint density at radius 3 is 1.60 bits per heavy atom. The van der Waals surface area contributed by atoms with Gasteiger partial charge in [-0.2, -0.15) is 23.5 Å². The molecule has 0 aromatic carbocycles. The summed E-state index contributed by atoms with van der Waals surface area (Å²) in [5, 5.41) is 0. The molecule has 0 rings (SSSR count). The molecule has 92 valence electrons. The Kier molecular flexibility index (Phi) is 15.3. The second-order valence-corrected chi connectivity index (χ2v) is 5.99. The van der Waals surface area contributed by atoms with Crippen molar-refractivity contribution < 1.29 is 4.74 Å². The zero-order chi connectivity index (χ0) is 11.2. The molecular formula is C12H26OS2. The smallest absolute Gasteiger partial charge is 0.0557 e. The maximum absolute atomic E-state index is 5.55. The van der Waals surface area contributed by atoms with Crippen molar-refractivity contribution in [3.8, 4) is 0 Å². The average molecular weight is 250 g/mol. The largest absolute Gasteiger partial charge is 0.380 e. The van der Waals surface area contributed by atoms with E-state index in [1.807, 2.05) is 23.5 Å². The molecule has 0 unspecified atom stereocenters. The summed E-state index contributed by atoms with van der Waals surface area (Å²) in [6.07, 6.45) is 5.30. The first kappa shape index (κ1) is 15.7. The third kappa shape index (κ3) is 14.7. The molecule has 3 heteroatoms. The van der Waals surface area contributed by atoms with Crippen LogP contribution in [0.2, 0.25) is 0 Å². The van der Waals surface area contributed by atoms with E-state index < -0.39 is 0 Å². The van der Waals surface area contributed by atoms with Crippen LogP contribution in [0, 0.1) is 0 Å². The molecule has 0 aromatic rings. The minimum Gasteiger partial charge on any atom is -0.380 e. The molecule has 0 fully saturated rings. The Morgan fingerprint density at radius 2 is 1.20 bits per heavy atom. The summed E-state index contributed by atoms with van der Waals surface area (Å²) < 4.78 is 5.55. The number of hydrogen-bond donors (Lipinski definition) is 0. The van der Waals surface area contributed by atoms with Crippen LogP contribution >= 0.6 is 23.5 Å². The van der Waals surface area contributed by atoms with Gasteiger partial charge in [0.15, 0.2) is 0 Å². The maximum atomic E-state index is 5.55. The van der Waals surface area contributed by atoms with Gasteiger partial charge in [-0.25, -0.2) is 0 Å². The van der Waals surface area contributed by atoms with Crippen LogP contribution < -0.4 is 0 Å². The highest BCUT2D eigenvalue weighted by molar-refractivity contribution is 7.99. The van der Waals surface area contributed by atoms with Crippen molar-refractivity contribution in [2.75, 3.05) is 36.2 Å². The van der Waals surface area contributed by atoms with Crippen LogP contribution in [0.3, 0.4) is 0 Å². The first-order valence-corrected chi connectivity index (χ1v) is 8.46. The van der Waals surface area contributed by atoms with Crippen molar-refractivity contribution in [1.29, 1.82) is 0 Å². The summed E-state index contributed by atoms with van der Waals surface area (Å²) in [5.74, 6) is 4.93. The van der Waals surface area contributed by atoms with Gasteiger partial charge in [-0.15, -0.1) is 0 Å². The molecule has 0 N–H and O–H groups in total. The van der Waals surface area contributed by atoms with Gasteiger partial charge in [0.1, 0.15) is 0 Å². The first-order chi connectivity index (χ1) is 7.41. The van der Waals surface area contributed by atoms with Crippen LogP contribution in [0.5, 0.6) is 0 Å². The molecule has 0 atom stereocenters. The van der Waals surface area contributed by atoms with E-state index in [1.54, 1.807) is 0 Å². The number of rotatable bonds is 12. The van der Waals surface area contributed by atoms with Gasteiger partial charge in [0.25, 0.3) is 0 Å². The van der Waals surface area contributed by atoms with Gasteiger partial charge in [-0.05, 0) is 24.3 Å². The standard InChI is InChI=1S/C12H26OS2/c1-3-5-9-14-11-7-13-8-12-15-10-6-4-2/h3-12H2,1-2H3. The second-order valence-electron chi connectivity index (χ2n) is 3.54. The van der Waals surface area contributed by atoms with Crippen LogP contribution in [0.4, 0.5) is 0 Å². The normalized spacial score (nSPS) is 10.8. The lowest BCUT2D eigenvalue weighted by molar-refractivity contribution is 0.167. The molecule has 0 saturated carbocycles. The van der Waals surface area contributed by atoms with E-state index in [4.69, 9.17) is 4.74 Å². The average Bonchev–Trinajstić information content (AvgIpc) is 2.26. The molecule has 0 aliphatic heterocycles. The summed E-state index contributed by atoms with van der Waals surface area (Å²) in [6, 6.07) is 0. The van der Waals surface area contributed by atoms with Crippen molar-refractivity contribution in [1.82, 2.24) is 0 Å². The fourth-order valence-corrected chi connectivity index (χ4v) is 2.90. The van der Waals surface area contributed by atoms with Crippen LogP contribution in [0.15, 0.2) is 0 Å². The van der Waals surface area contributed by atoms with Crippen molar-refractivity contribution in [3.63, 3.8) is 0 Å². The van der Waals surface area contributed by atoms with E-state index in [9.17, 15) is 0 Å². The van der Waals surface area contributed by atoms with E-state index in [2.05, 4.69) is 13.8 Å². The summed E-state index contributed by atoms with van der Waals surface area (Å²) in [7, 11) is 0. The third-order valence-corrected chi connectivity index (χ3v) is 4.09. The minimum atomic E-state index is 0.933. The molecule has 0 aliphatic carbocycles. The lowest BCUT2D eigenvalue weighted by atomic mass is 10.4. The van der Waals surface area contributed by atoms with Crippen molar-refractivity contribution >= 4 is 23.5 Å². The van der Waals surface area contributed by atoms with E-state index in [0.717, 1.165) is 13.2 Å². The molecule has 0 spiro atoms. The van der Waals surface area contributed by atoms with Crippen molar-refractivity contribution in [3.05, 3.63) is 0 Å². The quantitative estimate of drug-likeness (QED) is 0.483. The molecule has 1 nitrogen and oxygen atoms in total. The molecule has 0 bridgehead atoms. The van der Waals surface area contributed by atoms with E-state index >= 15 is 0 Å². The molecule has 0 radical (unpaired) electrons. The number of hydrogen-bond acceptors (Lipinski definition) is 3. The Morgan fingerprint density at radius 1 is 0.733 bits per heavy atom. The molecular weight excluding hydrogens is 224 g/mol. The molecule has 0 amide bonds. The van der Waals surface area contributed by atoms with Gasteiger partial charge in [0.05, 0.1) is 13.2 Å². The SMILES string of the molecule is CCCCSCCOCCSCCCC. The van der Waals surface area contributed by atoms with E-state index in [0.29, 0.717) is 0 Å². The third-order valence-electron chi connectivity index (χ3n) is 2.03. The highest BCUT2D eigenvalue weighted by atomic mass is 32.2. The van der Waals surface area contributed by atoms with Crippen LogP contribution in [-0.2, 0) is 4.74 Å². The van der Waals surface area contributed by atoms with Crippen LogP contribution in [0.25, 0.3) is 0 Å². The number of thioether (sulfide) groups is 2. The molecule has 0 heterocycles. The predicted molar refractivity (Wildman–Crippen MR) is 75.3 cm³/mol. The summed E-state index contributed by atoms with van der Waals surface area (Å²) >= 11 is 4.04. The Balaban J connectivity index is 2.81. The predicted octanol–water partition coefficient (Wildman–Crippen LogP) is 4.07. The van der Waals surface area contributed by atoms with Gasteiger partial charge < -0.3 is 4.74 Å². The van der Waals surface area contributed by atoms with Gasteiger partial charge in [0.2, 0.25) is 0 Å². The second kappa shape index (κ2) is 14.7. The lowest BCUT2D eigenvalue weighted by Gasteiger charge is -2.03. The number of ether oxygens (including phenoxy) is 1. The zero-order valence-electron chi connectivity index (χ0n) is 10.3. The fourth-order valence-electron chi connectivity index (χ4n) is 1.03. The number of unbranched alkanes of at least 4 members (excludes halogenated alkanes) is 2.